The van der Waals surface area contributed by atoms with E-state index in [-0.39, 0.29) is 4.90 Å². The van der Waals surface area contributed by atoms with Gasteiger partial charge in [0.1, 0.15) is 0 Å². The van der Waals surface area contributed by atoms with Crippen molar-refractivity contribution >= 4 is 22.2 Å². The molecule has 0 atom stereocenters. The number of hydrogen-bond acceptors (Lipinski definition) is 2. The lowest BCUT2D eigenvalue weighted by atomic mass is 10.0. The van der Waals surface area contributed by atoms with Gasteiger partial charge in [0.2, 0.25) is 10.0 Å². The molecular weight excluding hydrogens is 318 g/mol. The Labute approximate surface area is 142 Å². The Morgan fingerprint density at radius 2 is 1.21 bits per heavy atom. The first-order valence-electron chi connectivity index (χ1n) is 7.49. The van der Waals surface area contributed by atoms with Crippen molar-refractivity contribution < 1.29 is 8.42 Å². The quantitative estimate of drug-likeness (QED) is 0.727. The monoisotopic (exact) mass is 335 g/mol. The molecule has 0 spiro atoms. The van der Waals surface area contributed by atoms with Gasteiger partial charge < -0.3 is 0 Å². The fourth-order valence-corrected chi connectivity index (χ4v) is 3.24. The van der Waals surface area contributed by atoms with E-state index in [1.54, 1.807) is 18.2 Å². The molecule has 0 aromatic heterocycles. The summed E-state index contributed by atoms with van der Waals surface area (Å²) in [6.07, 6.45) is 4.05. The lowest BCUT2D eigenvalue weighted by Gasteiger charge is -2.08. The first-order chi connectivity index (χ1) is 11.5. The van der Waals surface area contributed by atoms with Gasteiger partial charge >= 0.3 is 0 Å². The van der Waals surface area contributed by atoms with E-state index in [4.69, 9.17) is 5.14 Å². The smallest absolute Gasteiger partial charge is 0.225 e. The van der Waals surface area contributed by atoms with E-state index in [9.17, 15) is 8.42 Å². The summed E-state index contributed by atoms with van der Waals surface area (Å²) in [5, 5.41) is 5.30. The standard InChI is InChI=1S/C20H17NO2S/c21-24(22,23)20-9-5-4-8-19(20)18-14-12-17(13-15-18)11-10-16-6-2-1-3-7-16/h1-15H,(H2,21,22,23)/b11-10-. The van der Waals surface area contributed by atoms with Crippen LogP contribution < -0.4 is 5.14 Å². The maximum Gasteiger partial charge on any atom is 0.238 e. The van der Waals surface area contributed by atoms with Gasteiger partial charge in [-0.25, -0.2) is 13.6 Å². The molecule has 3 aromatic carbocycles. The highest BCUT2D eigenvalue weighted by molar-refractivity contribution is 7.89. The van der Waals surface area contributed by atoms with Crippen LogP contribution in [0.3, 0.4) is 0 Å². The second kappa shape index (κ2) is 6.83. The number of rotatable bonds is 4. The third kappa shape index (κ3) is 3.79. The maximum absolute atomic E-state index is 11.7. The minimum Gasteiger partial charge on any atom is -0.225 e. The summed E-state index contributed by atoms with van der Waals surface area (Å²) in [5.41, 5.74) is 3.59. The fourth-order valence-electron chi connectivity index (χ4n) is 2.48. The number of nitrogens with two attached hydrogens (primary N) is 1. The molecule has 2 N–H and O–H groups in total. The SMILES string of the molecule is NS(=O)(=O)c1ccccc1-c1ccc(/C=C\c2ccccc2)cc1. The van der Waals surface area contributed by atoms with Crippen molar-refractivity contribution in [2.24, 2.45) is 5.14 Å². The highest BCUT2D eigenvalue weighted by atomic mass is 32.2. The first kappa shape index (κ1) is 16.2. The molecule has 0 fully saturated rings. The minimum absolute atomic E-state index is 0.137. The van der Waals surface area contributed by atoms with Crippen molar-refractivity contribution in [3.63, 3.8) is 0 Å². The van der Waals surface area contributed by atoms with Crippen molar-refractivity contribution in [3.8, 4) is 11.1 Å². The topological polar surface area (TPSA) is 60.2 Å². The van der Waals surface area contributed by atoms with Crippen LogP contribution in [0.5, 0.6) is 0 Å². The molecule has 3 aromatic rings. The molecule has 0 saturated carbocycles. The summed E-state index contributed by atoms with van der Waals surface area (Å²) in [5.74, 6) is 0. The van der Waals surface area contributed by atoms with Crippen molar-refractivity contribution in [2.45, 2.75) is 4.90 Å². The Morgan fingerprint density at radius 3 is 1.83 bits per heavy atom. The Hall–Kier alpha value is -2.69. The molecular formula is C20H17NO2S. The predicted molar refractivity (Wildman–Crippen MR) is 98.6 cm³/mol. The van der Waals surface area contributed by atoms with Crippen molar-refractivity contribution in [2.75, 3.05) is 0 Å². The normalized spacial score (nSPS) is 11.7. The third-order valence-corrected chi connectivity index (χ3v) is 4.65. The molecule has 0 amide bonds. The summed E-state index contributed by atoms with van der Waals surface area (Å²) in [6, 6.07) is 24.5. The van der Waals surface area contributed by atoms with Crippen LogP contribution in [0.15, 0.2) is 83.8 Å². The summed E-state index contributed by atoms with van der Waals surface area (Å²) in [7, 11) is -3.75. The van der Waals surface area contributed by atoms with E-state index in [1.807, 2.05) is 66.7 Å². The molecule has 120 valence electrons. The molecule has 0 aliphatic rings. The molecule has 24 heavy (non-hydrogen) atoms. The van der Waals surface area contributed by atoms with Gasteiger partial charge in [0.05, 0.1) is 4.90 Å². The molecule has 3 rings (SSSR count). The molecule has 0 saturated heterocycles. The number of hydrogen-bond donors (Lipinski definition) is 1. The highest BCUT2D eigenvalue weighted by Gasteiger charge is 2.14. The van der Waals surface area contributed by atoms with Gasteiger partial charge in [0, 0.05) is 5.56 Å². The van der Waals surface area contributed by atoms with E-state index in [0.717, 1.165) is 16.7 Å². The lowest BCUT2D eigenvalue weighted by molar-refractivity contribution is 0.598. The van der Waals surface area contributed by atoms with Gasteiger partial charge in [-0.2, -0.15) is 0 Å². The highest BCUT2D eigenvalue weighted by Crippen LogP contribution is 2.27. The second-order valence-corrected chi connectivity index (χ2v) is 6.94. The largest absolute Gasteiger partial charge is 0.238 e. The Kier molecular flexibility index (Phi) is 4.60. The summed E-state index contributed by atoms with van der Waals surface area (Å²) >= 11 is 0. The van der Waals surface area contributed by atoms with E-state index in [2.05, 4.69) is 0 Å². The minimum atomic E-state index is -3.75. The molecule has 3 nitrogen and oxygen atoms in total. The van der Waals surface area contributed by atoms with Gasteiger partial charge in [0.15, 0.2) is 0 Å². The second-order valence-electron chi connectivity index (χ2n) is 5.41. The van der Waals surface area contributed by atoms with Crippen LogP contribution in [0.2, 0.25) is 0 Å². The summed E-state index contributed by atoms with van der Waals surface area (Å²) in [4.78, 5) is 0.137. The van der Waals surface area contributed by atoms with Gasteiger partial charge in [-0.3, -0.25) is 0 Å². The van der Waals surface area contributed by atoms with Gasteiger partial charge in [-0.05, 0) is 22.8 Å². The molecule has 4 heteroatoms. The zero-order chi connectivity index (χ0) is 17.0. The molecule has 0 radical (unpaired) electrons. The van der Waals surface area contributed by atoms with Crippen LogP contribution in [0.1, 0.15) is 11.1 Å². The Balaban J connectivity index is 1.90. The molecule has 0 aliphatic carbocycles. The molecule has 0 heterocycles. The van der Waals surface area contributed by atoms with Crippen LogP contribution in [-0.4, -0.2) is 8.42 Å². The third-order valence-electron chi connectivity index (χ3n) is 3.68. The van der Waals surface area contributed by atoms with Crippen LogP contribution in [0.25, 0.3) is 23.3 Å². The van der Waals surface area contributed by atoms with E-state index >= 15 is 0 Å². The average Bonchev–Trinajstić information content (AvgIpc) is 2.61. The number of primary sulfonamides is 1. The van der Waals surface area contributed by atoms with Crippen molar-refractivity contribution in [3.05, 3.63) is 90.0 Å². The van der Waals surface area contributed by atoms with Crippen molar-refractivity contribution in [1.82, 2.24) is 0 Å². The molecule has 0 bridgehead atoms. The van der Waals surface area contributed by atoms with Crippen LogP contribution in [0.4, 0.5) is 0 Å². The zero-order valence-electron chi connectivity index (χ0n) is 13.0. The fraction of sp³-hybridized carbons (Fsp3) is 0. The molecule has 0 unspecified atom stereocenters. The van der Waals surface area contributed by atoms with Gasteiger partial charge in [-0.15, -0.1) is 0 Å². The average molecular weight is 335 g/mol. The van der Waals surface area contributed by atoms with Crippen LogP contribution in [-0.2, 0) is 10.0 Å². The number of sulfonamides is 1. The zero-order valence-corrected chi connectivity index (χ0v) is 13.8. The van der Waals surface area contributed by atoms with E-state index in [1.165, 1.54) is 6.07 Å². The Morgan fingerprint density at radius 1 is 0.667 bits per heavy atom. The van der Waals surface area contributed by atoms with E-state index < -0.39 is 10.0 Å². The predicted octanol–water partition coefficient (Wildman–Crippen LogP) is 4.17. The summed E-state index contributed by atoms with van der Waals surface area (Å²) < 4.78 is 23.4. The van der Waals surface area contributed by atoms with Crippen LogP contribution >= 0.6 is 0 Å². The first-order valence-corrected chi connectivity index (χ1v) is 9.04. The maximum atomic E-state index is 11.7. The summed E-state index contributed by atoms with van der Waals surface area (Å²) in [6.45, 7) is 0. The molecule has 0 aliphatic heterocycles. The Bertz CT molecular complexity index is 960. The van der Waals surface area contributed by atoms with Crippen LogP contribution in [0, 0.1) is 0 Å². The van der Waals surface area contributed by atoms with Gasteiger partial charge in [-0.1, -0.05) is 84.9 Å². The lowest BCUT2D eigenvalue weighted by Crippen LogP contribution is -2.13. The van der Waals surface area contributed by atoms with E-state index in [0.29, 0.717) is 5.56 Å². The number of benzene rings is 3. The van der Waals surface area contributed by atoms with Crippen molar-refractivity contribution in [1.29, 1.82) is 0 Å². The van der Waals surface area contributed by atoms with Gasteiger partial charge in [0.25, 0.3) is 0 Å².